The van der Waals surface area contributed by atoms with Crippen LogP contribution in [0.3, 0.4) is 0 Å². The molecule has 1 amide bonds. The van der Waals surface area contributed by atoms with E-state index in [9.17, 15) is 4.79 Å². The predicted molar refractivity (Wildman–Crippen MR) is 117 cm³/mol. The first-order valence-electron chi connectivity index (χ1n) is 10.7. The Kier molecular flexibility index (Phi) is 8.39. The number of hydrogen-bond donors (Lipinski definition) is 1. The van der Waals surface area contributed by atoms with Crippen molar-refractivity contribution < 1.29 is 23.7 Å². The molecule has 6 heteroatoms. The summed E-state index contributed by atoms with van der Waals surface area (Å²) in [5, 5.41) is 2.93. The largest absolute Gasteiger partial charge is 0.491 e. The number of rotatable bonds is 11. The molecule has 2 aromatic carbocycles. The Hall–Kier alpha value is -2.73. The highest BCUT2D eigenvalue weighted by Gasteiger charge is 2.16. The van der Waals surface area contributed by atoms with E-state index in [-0.39, 0.29) is 12.0 Å². The van der Waals surface area contributed by atoms with Gasteiger partial charge in [0.25, 0.3) is 5.91 Å². The van der Waals surface area contributed by atoms with Crippen molar-refractivity contribution in [3.63, 3.8) is 0 Å². The van der Waals surface area contributed by atoms with E-state index in [1.807, 2.05) is 31.2 Å². The van der Waals surface area contributed by atoms with Crippen LogP contribution in [-0.4, -0.2) is 38.4 Å². The Bertz CT molecular complexity index is 817. The van der Waals surface area contributed by atoms with E-state index in [0.29, 0.717) is 48.3 Å². The van der Waals surface area contributed by atoms with Crippen molar-refractivity contribution in [3.05, 3.63) is 48.0 Å². The Morgan fingerprint density at radius 3 is 2.57 bits per heavy atom. The van der Waals surface area contributed by atoms with Crippen LogP contribution in [0.1, 0.15) is 49.9 Å². The second-order valence-corrected chi connectivity index (χ2v) is 7.29. The molecule has 0 aromatic heterocycles. The molecule has 1 heterocycles. The van der Waals surface area contributed by atoms with Crippen LogP contribution in [0.4, 0.5) is 5.69 Å². The van der Waals surface area contributed by atoms with Crippen molar-refractivity contribution in [1.29, 1.82) is 0 Å². The van der Waals surface area contributed by atoms with Crippen LogP contribution < -0.4 is 19.5 Å². The van der Waals surface area contributed by atoms with Gasteiger partial charge in [-0.2, -0.15) is 0 Å². The molecular weight excluding hydrogens is 382 g/mol. The van der Waals surface area contributed by atoms with Crippen molar-refractivity contribution in [2.45, 2.75) is 45.6 Å². The number of hydrogen-bond acceptors (Lipinski definition) is 5. The molecule has 0 radical (unpaired) electrons. The van der Waals surface area contributed by atoms with Crippen LogP contribution in [-0.2, 0) is 4.74 Å². The Balaban J connectivity index is 1.64. The Labute approximate surface area is 178 Å². The zero-order valence-corrected chi connectivity index (χ0v) is 17.8. The molecule has 1 N–H and O–H groups in total. The molecule has 1 aliphatic heterocycles. The summed E-state index contributed by atoms with van der Waals surface area (Å²) in [4.78, 5) is 12.7. The van der Waals surface area contributed by atoms with Gasteiger partial charge in [0.05, 0.1) is 19.3 Å². The summed E-state index contributed by atoms with van der Waals surface area (Å²) in [7, 11) is 0. The first-order valence-corrected chi connectivity index (χ1v) is 10.7. The number of carbonyl (C=O) groups excluding carboxylic acids is 1. The van der Waals surface area contributed by atoms with Crippen molar-refractivity contribution in [2.75, 3.05) is 31.7 Å². The molecule has 3 rings (SSSR count). The van der Waals surface area contributed by atoms with Crippen molar-refractivity contribution >= 4 is 11.6 Å². The summed E-state index contributed by atoms with van der Waals surface area (Å²) >= 11 is 0. The zero-order valence-electron chi connectivity index (χ0n) is 17.8. The predicted octanol–water partition coefficient (Wildman–Crippen LogP) is 5.07. The third-order valence-electron chi connectivity index (χ3n) is 4.68. The zero-order chi connectivity index (χ0) is 21.2. The summed E-state index contributed by atoms with van der Waals surface area (Å²) in [6.07, 6.45) is 4.03. The van der Waals surface area contributed by atoms with Gasteiger partial charge in [0.15, 0.2) is 11.5 Å². The molecular formula is C24H31NO5. The first-order chi connectivity index (χ1) is 14.7. The molecule has 1 unspecified atom stereocenters. The third kappa shape index (κ3) is 6.39. The smallest absolute Gasteiger partial charge is 0.255 e. The molecule has 162 valence electrons. The van der Waals surface area contributed by atoms with Gasteiger partial charge in [0.2, 0.25) is 0 Å². The number of anilines is 1. The first kappa shape index (κ1) is 22.0. The standard InChI is InChI=1S/C24H31NO5/c1-3-12-28-22-11-10-19(16-23(22)29-13-4-2)25-24(26)18-7-5-8-20(15-18)30-17-21-9-6-14-27-21/h5,7-8,10-11,15-16,21H,3-4,6,9,12-14,17H2,1-2H3,(H,25,26). The van der Waals surface area contributed by atoms with E-state index >= 15 is 0 Å². The maximum atomic E-state index is 12.7. The molecule has 1 aliphatic rings. The van der Waals surface area contributed by atoms with Gasteiger partial charge in [-0.1, -0.05) is 19.9 Å². The highest BCUT2D eigenvalue weighted by atomic mass is 16.5. The monoisotopic (exact) mass is 413 g/mol. The molecule has 0 bridgehead atoms. The fraction of sp³-hybridized carbons (Fsp3) is 0.458. The average Bonchev–Trinajstić information content (AvgIpc) is 3.29. The normalized spacial score (nSPS) is 15.6. The molecule has 0 aliphatic carbocycles. The third-order valence-corrected chi connectivity index (χ3v) is 4.68. The summed E-state index contributed by atoms with van der Waals surface area (Å²) in [5.74, 6) is 1.78. The van der Waals surface area contributed by atoms with Gasteiger partial charge < -0.3 is 24.3 Å². The van der Waals surface area contributed by atoms with Crippen molar-refractivity contribution in [3.8, 4) is 17.2 Å². The minimum atomic E-state index is -0.207. The second kappa shape index (κ2) is 11.5. The van der Waals surface area contributed by atoms with E-state index in [1.165, 1.54) is 0 Å². The van der Waals surface area contributed by atoms with Crippen molar-refractivity contribution in [2.24, 2.45) is 0 Å². The lowest BCUT2D eigenvalue weighted by molar-refractivity contribution is 0.0679. The van der Waals surface area contributed by atoms with Crippen LogP contribution in [0.15, 0.2) is 42.5 Å². The van der Waals surface area contributed by atoms with E-state index < -0.39 is 0 Å². The molecule has 6 nitrogen and oxygen atoms in total. The molecule has 1 atom stereocenters. The lowest BCUT2D eigenvalue weighted by atomic mass is 10.2. The summed E-state index contributed by atoms with van der Waals surface area (Å²) < 4.78 is 22.9. The Morgan fingerprint density at radius 1 is 1.03 bits per heavy atom. The fourth-order valence-corrected chi connectivity index (χ4v) is 3.14. The van der Waals surface area contributed by atoms with Gasteiger partial charge in [-0.15, -0.1) is 0 Å². The number of benzene rings is 2. The maximum Gasteiger partial charge on any atom is 0.255 e. The lowest BCUT2D eigenvalue weighted by Gasteiger charge is -2.14. The number of ether oxygens (including phenoxy) is 4. The molecule has 0 spiro atoms. The summed E-state index contributed by atoms with van der Waals surface area (Å²) in [6.45, 7) is 6.61. The SMILES string of the molecule is CCCOc1ccc(NC(=O)c2cccc(OCC3CCCO3)c2)cc1OCCC. The summed E-state index contributed by atoms with van der Waals surface area (Å²) in [5.41, 5.74) is 1.18. The fourth-order valence-electron chi connectivity index (χ4n) is 3.14. The van der Waals surface area contributed by atoms with Gasteiger partial charge >= 0.3 is 0 Å². The maximum absolute atomic E-state index is 12.7. The molecule has 0 saturated carbocycles. The van der Waals surface area contributed by atoms with E-state index in [4.69, 9.17) is 18.9 Å². The van der Waals surface area contributed by atoms with Gasteiger partial charge in [-0.25, -0.2) is 0 Å². The van der Waals surface area contributed by atoms with Crippen molar-refractivity contribution in [1.82, 2.24) is 0 Å². The number of carbonyl (C=O) groups is 1. The highest BCUT2D eigenvalue weighted by Crippen LogP contribution is 2.31. The minimum Gasteiger partial charge on any atom is -0.491 e. The van der Waals surface area contributed by atoms with Gasteiger partial charge in [0.1, 0.15) is 12.4 Å². The van der Waals surface area contributed by atoms with Crippen LogP contribution in [0.25, 0.3) is 0 Å². The van der Waals surface area contributed by atoms with Crippen LogP contribution in [0.5, 0.6) is 17.2 Å². The Morgan fingerprint density at radius 2 is 1.83 bits per heavy atom. The van der Waals surface area contributed by atoms with Gasteiger partial charge in [-0.3, -0.25) is 4.79 Å². The molecule has 1 saturated heterocycles. The molecule has 30 heavy (non-hydrogen) atoms. The minimum absolute atomic E-state index is 0.137. The quantitative estimate of drug-likeness (QED) is 0.557. The van der Waals surface area contributed by atoms with Gasteiger partial charge in [-0.05, 0) is 56.0 Å². The molecule has 2 aromatic rings. The van der Waals surface area contributed by atoms with E-state index in [2.05, 4.69) is 12.2 Å². The van der Waals surface area contributed by atoms with Crippen LogP contribution in [0, 0.1) is 0 Å². The average molecular weight is 414 g/mol. The highest BCUT2D eigenvalue weighted by molar-refractivity contribution is 6.04. The van der Waals surface area contributed by atoms with Crippen LogP contribution >= 0.6 is 0 Å². The van der Waals surface area contributed by atoms with E-state index in [1.54, 1.807) is 18.2 Å². The number of amides is 1. The lowest BCUT2D eigenvalue weighted by Crippen LogP contribution is -2.17. The topological polar surface area (TPSA) is 66.0 Å². The number of nitrogens with one attached hydrogen (secondary N) is 1. The van der Waals surface area contributed by atoms with Crippen LogP contribution in [0.2, 0.25) is 0 Å². The second-order valence-electron chi connectivity index (χ2n) is 7.29. The summed E-state index contributed by atoms with van der Waals surface area (Å²) in [6, 6.07) is 12.6. The van der Waals surface area contributed by atoms with E-state index in [0.717, 1.165) is 32.3 Å². The van der Waals surface area contributed by atoms with Gasteiger partial charge in [0, 0.05) is 23.9 Å². The molecule has 1 fully saturated rings.